The topological polar surface area (TPSA) is 169 Å². The van der Waals surface area contributed by atoms with Crippen molar-refractivity contribution in [2.24, 2.45) is 0 Å². The maximum Gasteiger partial charge on any atom is 1.00 e. The van der Waals surface area contributed by atoms with E-state index in [2.05, 4.69) is 0 Å². The fraction of sp³-hybridized carbons (Fsp3) is 0.750. The maximum absolute atomic E-state index is 10.8. The number of aliphatic hydroxyl groups is 5. The molecule has 126 valence electrons. The second-order valence-corrected chi connectivity index (χ2v) is 5.10. The summed E-state index contributed by atoms with van der Waals surface area (Å²) in [5, 5.41) is 59.3. The zero-order valence-electron chi connectivity index (χ0n) is 12.5. The van der Waals surface area contributed by atoms with Crippen molar-refractivity contribution in [1.29, 1.82) is 0 Å². The number of hydrogen-bond donors (Lipinski definition) is 5. The first kappa shape index (κ1) is 20.8. The van der Waals surface area contributed by atoms with Crippen molar-refractivity contribution in [1.82, 2.24) is 0 Å². The van der Waals surface area contributed by atoms with Gasteiger partial charge in [-0.3, -0.25) is 0 Å². The molecule has 1 saturated heterocycles. The third-order valence-corrected chi connectivity index (χ3v) is 3.49. The summed E-state index contributed by atoms with van der Waals surface area (Å²) in [5.74, 6) is -2.51. The van der Waals surface area contributed by atoms with Gasteiger partial charge in [-0.25, -0.2) is 0 Å². The van der Waals surface area contributed by atoms with E-state index in [9.17, 15) is 35.4 Å². The van der Waals surface area contributed by atoms with E-state index in [0.717, 1.165) is 6.08 Å². The SMILES string of the molecule is C[C@H]1OC(O)[C@H](O[C@H]2OC(C(=O)[O-])=C[C@H](O)[C@H]2O)[C@@H](O)[C@@H]1O.[Na+]. The number of carboxylic acid groups (broad SMARTS) is 1. The van der Waals surface area contributed by atoms with Gasteiger partial charge in [0.25, 0.3) is 0 Å². The molecule has 2 aliphatic rings. The number of carboxylic acids is 1. The molecular weight excluding hydrogens is 327 g/mol. The van der Waals surface area contributed by atoms with E-state index in [1.165, 1.54) is 6.92 Å². The predicted octanol–water partition coefficient (Wildman–Crippen LogP) is -7.45. The van der Waals surface area contributed by atoms with Crippen LogP contribution in [0.3, 0.4) is 0 Å². The van der Waals surface area contributed by atoms with Crippen LogP contribution in [0, 0.1) is 0 Å². The summed E-state index contributed by atoms with van der Waals surface area (Å²) in [6, 6.07) is 0. The molecule has 0 aromatic carbocycles. The number of carbonyl (C=O) groups excluding carboxylic acids is 1. The van der Waals surface area contributed by atoms with Gasteiger partial charge < -0.3 is 49.6 Å². The molecule has 2 aliphatic heterocycles. The summed E-state index contributed by atoms with van der Waals surface area (Å²) < 4.78 is 14.8. The van der Waals surface area contributed by atoms with Crippen molar-refractivity contribution in [3.8, 4) is 0 Å². The standard InChI is InChI=1S/C12H18O10.Na/c1-3-6(14)8(16)9(11(19)20-3)22-12-7(15)4(13)2-5(21-12)10(17)18;/h2-4,6-9,11-16,19H,1H3,(H,17,18);/q;+1/p-1/t3-,4+,6-,7-,8+,9-,11?,12-;/m1./s1. The fourth-order valence-corrected chi connectivity index (χ4v) is 2.19. The van der Waals surface area contributed by atoms with Gasteiger partial charge in [0, 0.05) is 0 Å². The molecule has 0 aromatic heterocycles. The average Bonchev–Trinajstić information content (AvgIpc) is 2.45. The molecule has 5 N–H and O–H groups in total. The molecule has 8 atom stereocenters. The molecule has 1 unspecified atom stereocenters. The number of hydrogen-bond acceptors (Lipinski definition) is 10. The molecule has 1 fully saturated rings. The minimum Gasteiger partial charge on any atom is -0.542 e. The average molecular weight is 344 g/mol. The summed E-state index contributed by atoms with van der Waals surface area (Å²) in [6.07, 6.45) is -11.3. The van der Waals surface area contributed by atoms with E-state index >= 15 is 0 Å². The molecule has 0 saturated carbocycles. The van der Waals surface area contributed by atoms with Crippen LogP contribution in [0.15, 0.2) is 11.8 Å². The van der Waals surface area contributed by atoms with Crippen molar-refractivity contribution in [3.63, 3.8) is 0 Å². The second-order valence-electron chi connectivity index (χ2n) is 5.10. The molecule has 0 radical (unpaired) electrons. The van der Waals surface area contributed by atoms with Crippen LogP contribution >= 0.6 is 0 Å². The third-order valence-electron chi connectivity index (χ3n) is 3.49. The van der Waals surface area contributed by atoms with Gasteiger partial charge in [-0.2, -0.15) is 0 Å². The molecule has 2 heterocycles. The number of aliphatic carboxylic acids is 1. The summed E-state index contributed by atoms with van der Waals surface area (Å²) in [6.45, 7) is 1.42. The van der Waals surface area contributed by atoms with Crippen molar-refractivity contribution in [2.75, 3.05) is 0 Å². The van der Waals surface area contributed by atoms with Crippen LogP contribution in [0.4, 0.5) is 0 Å². The molecule has 10 nitrogen and oxygen atoms in total. The van der Waals surface area contributed by atoms with Gasteiger partial charge in [-0.15, -0.1) is 0 Å². The monoisotopic (exact) mass is 344 g/mol. The molecule has 0 bridgehead atoms. The smallest absolute Gasteiger partial charge is 0.542 e. The second kappa shape index (κ2) is 8.21. The Morgan fingerprint density at radius 2 is 1.78 bits per heavy atom. The normalized spacial score (nSPS) is 43.8. The van der Waals surface area contributed by atoms with Crippen LogP contribution in [0.1, 0.15) is 6.92 Å². The summed E-state index contributed by atoms with van der Waals surface area (Å²) >= 11 is 0. The van der Waals surface area contributed by atoms with E-state index < -0.39 is 60.9 Å². The number of carbonyl (C=O) groups is 1. The van der Waals surface area contributed by atoms with Crippen molar-refractivity contribution >= 4 is 5.97 Å². The van der Waals surface area contributed by atoms with Crippen molar-refractivity contribution in [2.45, 2.75) is 56.1 Å². The molecule has 0 aromatic rings. The molecule has 11 heteroatoms. The van der Waals surface area contributed by atoms with Gasteiger partial charge >= 0.3 is 29.6 Å². The Labute approximate surface area is 153 Å². The summed E-state index contributed by atoms with van der Waals surface area (Å²) in [4.78, 5) is 10.8. The first-order valence-corrected chi connectivity index (χ1v) is 6.53. The van der Waals surface area contributed by atoms with E-state index in [1.54, 1.807) is 0 Å². The molecule has 23 heavy (non-hydrogen) atoms. The van der Waals surface area contributed by atoms with Crippen LogP contribution in [-0.4, -0.2) is 80.7 Å². The Hall–Kier alpha value is -0.270. The molecular formula is C12H17NaO10. The Balaban J connectivity index is 0.00000264. The van der Waals surface area contributed by atoms with Gasteiger partial charge in [0.05, 0.1) is 6.10 Å². The summed E-state index contributed by atoms with van der Waals surface area (Å²) in [5.41, 5.74) is 0. The first-order chi connectivity index (χ1) is 10.2. The van der Waals surface area contributed by atoms with E-state index in [1.807, 2.05) is 0 Å². The number of rotatable bonds is 3. The molecule has 0 spiro atoms. The zero-order valence-corrected chi connectivity index (χ0v) is 14.5. The van der Waals surface area contributed by atoms with Gasteiger partial charge in [0.2, 0.25) is 6.29 Å². The van der Waals surface area contributed by atoms with Gasteiger partial charge in [-0.05, 0) is 13.0 Å². The van der Waals surface area contributed by atoms with Gasteiger partial charge in [-0.1, -0.05) is 0 Å². The molecule has 0 amide bonds. The zero-order chi connectivity index (χ0) is 16.6. The third kappa shape index (κ3) is 4.42. The van der Waals surface area contributed by atoms with E-state index in [4.69, 9.17) is 14.2 Å². The Kier molecular flexibility index (Phi) is 7.41. The van der Waals surface area contributed by atoms with Crippen LogP contribution in [0.25, 0.3) is 0 Å². The quantitative estimate of drug-likeness (QED) is 0.310. The Morgan fingerprint density at radius 3 is 2.35 bits per heavy atom. The fourth-order valence-electron chi connectivity index (χ4n) is 2.19. The predicted molar refractivity (Wildman–Crippen MR) is 63.4 cm³/mol. The Morgan fingerprint density at radius 1 is 1.17 bits per heavy atom. The van der Waals surface area contributed by atoms with Gasteiger partial charge in [0.15, 0.2) is 6.29 Å². The Bertz CT molecular complexity index is 457. The van der Waals surface area contributed by atoms with E-state index in [0.29, 0.717) is 0 Å². The van der Waals surface area contributed by atoms with Crippen LogP contribution in [0.5, 0.6) is 0 Å². The number of ether oxygens (including phenoxy) is 3. The van der Waals surface area contributed by atoms with Crippen molar-refractivity contribution in [3.05, 3.63) is 11.8 Å². The van der Waals surface area contributed by atoms with Gasteiger partial charge in [0.1, 0.15) is 42.2 Å². The summed E-state index contributed by atoms with van der Waals surface area (Å²) in [7, 11) is 0. The largest absolute Gasteiger partial charge is 1.00 e. The first-order valence-electron chi connectivity index (χ1n) is 6.53. The van der Waals surface area contributed by atoms with E-state index in [-0.39, 0.29) is 29.6 Å². The molecule has 0 aliphatic carbocycles. The maximum atomic E-state index is 10.8. The minimum absolute atomic E-state index is 0. The number of aliphatic hydroxyl groups excluding tert-OH is 5. The minimum atomic E-state index is -1.74. The van der Waals surface area contributed by atoms with Crippen LogP contribution in [-0.2, 0) is 19.0 Å². The van der Waals surface area contributed by atoms with Crippen LogP contribution in [0.2, 0.25) is 0 Å². The van der Waals surface area contributed by atoms with Crippen LogP contribution < -0.4 is 34.7 Å². The van der Waals surface area contributed by atoms with Crippen molar-refractivity contribution < 1.29 is 79.2 Å². The molecule has 2 rings (SSSR count).